The Labute approximate surface area is 199 Å². The van der Waals surface area contributed by atoms with E-state index >= 15 is 0 Å². The predicted molar refractivity (Wildman–Crippen MR) is 125 cm³/mol. The van der Waals surface area contributed by atoms with E-state index in [0.717, 1.165) is 39.9 Å². The van der Waals surface area contributed by atoms with Gasteiger partial charge in [0.2, 0.25) is 11.0 Å². The third-order valence-electron chi connectivity index (χ3n) is 4.65. The minimum Gasteiger partial charge on any atom is -0.361 e. The van der Waals surface area contributed by atoms with Crippen molar-refractivity contribution in [3.05, 3.63) is 85.0 Å². The maximum atomic E-state index is 12.5. The summed E-state index contributed by atoms with van der Waals surface area (Å²) in [5, 5.41) is 37.1. The van der Waals surface area contributed by atoms with Gasteiger partial charge in [0.1, 0.15) is 10.6 Å². The lowest BCUT2D eigenvalue weighted by Gasteiger charge is -2.02. The number of aromatic amines is 1. The molecule has 15 heteroatoms. The van der Waals surface area contributed by atoms with Crippen LogP contribution in [0.4, 0.5) is 16.5 Å². The topological polar surface area (TPSA) is 198 Å². The Morgan fingerprint density at radius 1 is 1.11 bits per heavy atom. The summed E-state index contributed by atoms with van der Waals surface area (Å²) in [5.74, 6) is -1.37. The van der Waals surface area contributed by atoms with Crippen molar-refractivity contribution in [1.82, 2.24) is 20.6 Å². The van der Waals surface area contributed by atoms with Crippen LogP contribution >= 0.6 is 11.3 Å². The van der Waals surface area contributed by atoms with Gasteiger partial charge in [-0.15, -0.1) is 10.2 Å². The first-order chi connectivity index (χ1) is 16.8. The molecule has 0 radical (unpaired) electrons. The lowest BCUT2D eigenvalue weighted by Crippen LogP contribution is -2.19. The fourth-order valence-electron chi connectivity index (χ4n) is 3.07. The van der Waals surface area contributed by atoms with Gasteiger partial charge in [-0.05, 0) is 12.1 Å². The van der Waals surface area contributed by atoms with Gasteiger partial charge in [-0.3, -0.25) is 35.1 Å². The summed E-state index contributed by atoms with van der Waals surface area (Å²) in [6, 6.07) is 10.3. The van der Waals surface area contributed by atoms with Crippen LogP contribution in [0.3, 0.4) is 0 Å². The molecule has 0 fully saturated rings. The number of para-hydroxylation sites is 1. The number of nitrogens with one attached hydrogen (secondary N) is 3. The summed E-state index contributed by atoms with van der Waals surface area (Å²) in [7, 11) is 0. The van der Waals surface area contributed by atoms with Crippen molar-refractivity contribution in [2.75, 3.05) is 5.32 Å². The first-order valence-electron chi connectivity index (χ1n) is 9.76. The van der Waals surface area contributed by atoms with E-state index in [1.165, 1.54) is 6.21 Å². The van der Waals surface area contributed by atoms with Crippen molar-refractivity contribution >= 4 is 56.8 Å². The van der Waals surface area contributed by atoms with Crippen LogP contribution < -0.4 is 10.7 Å². The smallest absolute Gasteiger partial charge is 0.289 e. The lowest BCUT2D eigenvalue weighted by molar-refractivity contribution is -0.394. The molecule has 0 aliphatic rings. The summed E-state index contributed by atoms with van der Waals surface area (Å²) in [6.45, 7) is 0. The number of aromatic nitrogens is 3. The van der Waals surface area contributed by atoms with Crippen molar-refractivity contribution < 1.29 is 19.4 Å². The maximum Gasteiger partial charge on any atom is 0.289 e. The van der Waals surface area contributed by atoms with E-state index in [0.29, 0.717) is 6.07 Å². The highest BCUT2D eigenvalue weighted by molar-refractivity contribution is 7.15. The molecule has 3 N–H and O–H groups in total. The molecule has 4 rings (SSSR count). The standard InChI is InChI=1S/C20H14N8O6S/c29-17(24-22-10-11-9-21-15-4-2-1-3-13(11)15)8-18-25-26-20(35-18)23-19(30)14-6-5-12(27(31)32)7-16(14)28(33)34/h1-7,9-10,21H,8H2,(H,24,29)(H,23,26,30)/b22-10-. The molecule has 2 heterocycles. The first kappa shape index (κ1) is 23.1. The SMILES string of the molecule is O=C(Cc1nnc(NC(=O)c2ccc([N+](=O)[O-])cc2[N+](=O)[O-])s1)N/N=C\c1c[nH]c2ccccc12. The average Bonchev–Trinajstić information content (AvgIpc) is 3.45. The van der Waals surface area contributed by atoms with E-state index in [1.54, 1.807) is 6.20 Å². The summed E-state index contributed by atoms with van der Waals surface area (Å²) >= 11 is 0.890. The zero-order chi connectivity index (χ0) is 24.9. The Morgan fingerprint density at radius 3 is 2.69 bits per heavy atom. The predicted octanol–water partition coefficient (Wildman–Crippen LogP) is 2.78. The second kappa shape index (κ2) is 9.84. The molecular formula is C20H14N8O6S. The molecule has 2 amide bonds. The van der Waals surface area contributed by atoms with Gasteiger partial charge in [-0.25, -0.2) is 5.43 Å². The highest BCUT2D eigenvalue weighted by atomic mass is 32.1. The minimum absolute atomic E-state index is 0.00672. The van der Waals surface area contributed by atoms with Gasteiger partial charge in [-0.1, -0.05) is 29.5 Å². The lowest BCUT2D eigenvalue weighted by atomic mass is 10.1. The number of hydrogen-bond acceptors (Lipinski definition) is 10. The molecule has 4 aromatic rings. The molecule has 0 saturated carbocycles. The fraction of sp³-hybridized carbons (Fsp3) is 0.0500. The Kier molecular flexibility index (Phi) is 6.50. The highest BCUT2D eigenvalue weighted by Crippen LogP contribution is 2.26. The molecule has 0 bridgehead atoms. The Bertz CT molecular complexity index is 1490. The molecule has 0 saturated heterocycles. The molecule has 0 spiro atoms. The molecule has 0 atom stereocenters. The Hall–Kier alpha value is -5.05. The number of nitrogens with zero attached hydrogens (tertiary/aromatic N) is 5. The van der Waals surface area contributed by atoms with E-state index in [9.17, 15) is 29.8 Å². The van der Waals surface area contributed by atoms with Crippen LogP contribution in [0.25, 0.3) is 10.9 Å². The number of carbonyl (C=O) groups excluding carboxylic acids is 2. The van der Waals surface area contributed by atoms with Crippen molar-refractivity contribution in [3.63, 3.8) is 0 Å². The van der Waals surface area contributed by atoms with Crippen molar-refractivity contribution in [3.8, 4) is 0 Å². The molecule has 35 heavy (non-hydrogen) atoms. The van der Waals surface area contributed by atoms with E-state index in [4.69, 9.17) is 0 Å². The number of non-ortho nitro benzene ring substituents is 1. The monoisotopic (exact) mass is 494 g/mol. The van der Waals surface area contributed by atoms with Crippen LogP contribution in [0.1, 0.15) is 20.9 Å². The fourth-order valence-corrected chi connectivity index (χ4v) is 3.80. The second-order valence-electron chi connectivity index (χ2n) is 6.93. The zero-order valence-electron chi connectivity index (χ0n) is 17.5. The number of carbonyl (C=O) groups is 2. The van der Waals surface area contributed by atoms with Crippen molar-refractivity contribution in [2.45, 2.75) is 6.42 Å². The summed E-state index contributed by atoms with van der Waals surface area (Å²) < 4.78 is 0. The van der Waals surface area contributed by atoms with Gasteiger partial charge >= 0.3 is 0 Å². The molecule has 14 nitrogen and oxygen atoms in total. The number of hydrogen-bond donors (Lipinski definition) is 3. The van der Waals surface area contributed by atoms with Gasteiger partial charge in [-0.2, -0.15) is 5.10 Å². The molecule has 0 aliphatic heterocycles. The van der Waals surface area contributed by atoms with E-state index < -0.39 is 33.0 Å². The number of amides is 2. The molecule has 176 valence electrons. The maximum absolute atomic E-state index is 12.5. The quantitative estimate of drug-likeness (QED) is 0.189. The molecule has 0 unspecified atom stereocenters. The summed E-state index contributed by atoms with van der Waals surface area (Å²) in [6.07, 6.45) is 3.09. The van der Waals surface area contributed by atoms with Gasteiger partial charge in [0.05, 0.1) is 28.5 Å². The minimum atomic E-state index is -0.901. The third-order valence-corrected chi connectivity index (χ3v) is 5.49. The molecular weight excluding hydrogens is 480 g/mol. The average molecular weight is 494 g/mol. The largest absolute Gasteiger partial charge is 0.361 e. The van der Waals surface area contributed by atoms with Crippen LogP contribution in [0.5, 0.6) is 0 Å². The van der Waals surface area contributed by atoms with Crippen molar-refractivity contribution in [2.24, 2.45) is 5.10 Å². The summed E-state index contributed by atoms with van der Waals surface area (Å²) in [5.41, 5.74) is 2.47. The van der Waals surface area contributed by atoms with Gasteiger partial charge in [0.25, 0.3) is 17.3 Å². The first-order valence-corrected chi connectivity index (χ1v) is 10.6. The normalized spacial score (nSPS) is 11.0. The number of benzene rings is 2. The molecule has 2 aromatic carbocycles. The third kappa shape index (κ3) is 5.31. The number of hydrazone groups is 1. The van der Waals surface area contributed by atoms with Crippen LogP contribution in [-0.4, -0.2) is 43.1 Å². The van der Waals surface area contributed by atoms with Crippen LogP contribution in [-0.2, 0) is 11.2 Å². The Balaban J connectivity index is 1.37. The van der Waals surface area contributed by atoms with Gasteiger partial charge < -0.3 is 4.98 Å². The zero-order valence-corrected chi connectivity index (χ0v) is 18.3. The molecule has 2 aromatic heterocycles. The van der Waals surface area contributed by atoms with Gasteiger partial charge in [0.15, 0.2) is 0 Å². The van der Waals surface area contributed by atoms with Gasteiger partial charge in [0, 0.05) is 28.7 Å². The second-order valence-corrected chi connectivity index (χ2v) is 7.99. The number of rotatable bonds is 8. The highest BCUT2D eigenvalue weighted by Gasteiger charge is 2.25. The number of nitro groups is 2. The summed E-state index contributed by atoms with van der Waals surface area (Å²) in [4.78, 5) is 48.1. The van der Waals surface area contributed by atoms with Crippen LogP contribution in [0.15, 0.2) is 53.8 Å². The number of nitro benzene ring substituents is 2. The Morgan fingerprint density at radius 2 is 1.91 bits per heavy atom. The van der Waals surface area contributed by atoms with E-state index in [1.807, 2.05) is 24.3 Å². The number of anilines is 1. The van der Waals surface area contributed by atoms with Crippen LogP contribution in [0, 0.1) is 20.2 Å². The molecule has 0 aliphatic carbocycles. The number of H-pyrrole nitrogens is 1. The van der Waals surface area contributed by atoms with E-state index in [-0.39, 0.29) is 22.1 Å². The van der Waals surface area contributed by atoms with E-state index in [2.05, 4.69) is 31.0 Å². The number of fused-ring (bicyclic) bond motifs is 1. The van der Waals surface area contributed by atoms with Crippen LogP contribution in [0.2, 0.25) is 0 Å². The van der Waals surface area contributed by atoms with Crippen molar-refractivity contribution in [1.29, 1.82) is 0 Å².